The first-order valence-corrected chi connectivity index (χ1v) is 33.5. The lowest BCUT2D eigenvalue weighted by Crippen LogP contribution is -2.38. The number of esters is 2. The predicted octanol–water partition coefficient (Wildman–Crippen LogP) is 19.0. The van der Waals surface area contributed by atoms with Gasteiger partial charge in [-0.2, -0.15) is 0 Å². The molecule has 0 rings (SSSR count). The van der Waals surface area contributed by atoms with Crippen molar-refractivity contribution in [2.45, 2.75) is 350 Å². The van der Waals surface area contributed by atoms with Gasteiger partial charge in [0.25, 0.3) is 0 Å². The SMILES string of the molecule is CCCCCCCCC(CCCCCC)COC(=O)CCCCCCCCCN(C(=O)CCCN(C)CCCC(=O)N(CCCCCCCCCC(=O)OCC(CCCCCC)CCCCCCCC)C(C)C)C(C)C. The Morgan fingerprint density at radius 2 is 0.579 bits per heavy atom. The third-order valence-electron chi connectivity index (χ3n) is 16.1. The van der Waals surface area contributed by atoms with Gasteiger partial charge in [0.1, 0.15) is 0 Å². The second kappa shape index (κ2) is 54.8. The zero-order valence-electron chi connectivity index (χ0n) is 52.5. The molecule has 0 radical (unpaired) electrons. The van der Waals surface area contributed by atoms with Crippen LogP contribution >= 0.6 is 0 Å². The highest BCUT2D eigenvalue weighted by atomic mass is 16.5. The zero-order valence-corrected chi connectivity index (χ0v) is 52.5. The van der Waals surface area contributed by atoms with Crippen molar-refractivity contribution >= 4 is 23.8 Å². The Balaban J connectivity index is 4.21. The minimum absolute atomic E-state index is 0.00884. The number of amides is 2. The van der Waals surface area contributed by atoms with Crippen molar-refractivity contribution in [2.24, 2.45) is 11.8 Å². The van der Waals surface area contributed by atoms with E-state index < -0.39 is 0 Å². The van der Waals surface area contributed by atoms with Crippen LogP contribution in [0.25, 0.3) is 0 Å². The van der Waals surface area contributed by atoms with E-state index in [9.17, 15) is 19.2 Å². The van der Waals surface area contributed by atoms with Crippen molar-refractivity contribution in [1.82, 2.24) is 14.7 Å². The minimum Gasteiger partial charge on any atom is -0.465 e. The first-order valence-electron chi connectivity index (χ1n) is 33.5. The van der Waals surface area contributed by atoms with E-state index in [0.29, 0.717) is 50.7 Å². The highest BCUT2D eigenvalue weighted by Crippen LogP contribution is 2.22. The van der Waals surface area contributed by atoms with Crippen LogP contribution < -0.4 is 0 Å². The maximum absolute atomic E-state index is 13.3. The highest BCUT2D eigenvalue weighted by molar-refractivity contribution is 5.77. The molecule has 9 nitrogen and oxygen atoms in total. The number of carbonyl (C=O) groups excluding carboxylic acids is 4. The van der Waals surface area contributed by atoms with E-state index in [2.05, 4.69) is 77.1 Å². The Morgan fingerprint density at radius 1 is 0.316 bits per heavy atom. The van der Waals surface area contributed by atoms with E-state index in [4.69, 9.17) is 9.47 Å². The van der Waals surface area contributed by atoms with Crippen molar-refractivity contribution in [3.8, 4) is 0 Å². The summed E-state index contributed by atoms with van der Waals surface area (Å²) in [5.74, 6) is 1.54. The van der Waals surface area contributed by atoms with Crippen LogP contribution in [0, 0.1) is 11.8 Å². The van der Waals surface area contributed by atoms with Crippen LogP contribution in [0.5, 0.6) is 0 Å². The Labute approximate surface area is 473 Å². The number of hydrogen-bond donors (Lipinski definition) is 0. The summed E-state index contributed by atoms with van der Waals surface area (Å²) in [5.41, 5.74) is 0. The van der Waals surface area contributed by atoms with Crippen LogP contribution in [-0.2, 0) is 28.7 Å². The second-order valence-electron chi connectivity index (χ2n) is 24.2. The Hall–Kier alpha value is -2.16. The molecule has 2 unspecified atom stereocenters. The average molecular weight is 1070 g/mol. The molecular weight excluding hydrogens is 943 g/mol. The predicted molar refractivity (Wildman–Crippen MR) is 326 cm³/mol. The van der Waals surface area contributed by atoms with E-state index in [1.165, 1.54) is 180 Å². The quantitative estimate of drug-likeness (QED) is 0.0442. The second-order valence-corrected chi connectivity index (χ2v) is 24.2. The molecule has 0 heterocycles. The summed E-state index contributed by atoms with van der Waals surface area (Å²) in [4.78, 5) is 58.1. The number of carbonyl (C=O) groups is 4. The molecule has 0 aromatic rings. The lowest BCUT2D eigenvalue weighted by molar-refractivity contribution is -0.146. The van der Waals surface area contributed by atoms with Gasteiger partial charge in [-0.05, 0) is 124 Å². The van der Waals surface area contributed by atoms with Gasteiger partial charge in [0.2, 0.25) is 11.8 Å². The summed E-state index contributed by atoms with van der Waals surface area (Å²) in [7, 11) is 2.11. The van der Waals surface area contributed by atoms with Crippen LogP contribution in [0.15, 0.2) is 0 Å². The topological polar surface area (TPSA) is 96.5 Å². The summed E-state index contributed by atoms with van der Waals surface area (Å²) in [6.07, 6.45) is 50.0. The molecule has 9 heteroatoms. The fraction of sp³-hybridized carbons (Fsp3) is 0.940. The van der Waals surface area contributed by atoms with Crippen LogP contribution in [-0.4, -0.2) is 97.0 Å². The van der Waals surface area contributed by atoms with Crippen LogP contribution in [0.3, 0.4) is 0 Å². The number of rotatable bonds is 58. The molecule has 0 saturated carbocycles. The number of nitrogens with zero attached hydrogens (tertiary/aromatic N) is 3. The third kappa shape index (κ3) is 46.7. The molecule has 0 saturated heterocycles. The number of ether oxygens (including phenoxy) is 2. The largest absolute Gasteiger partial charge is 0.465 e. The average Bonchev–Trinajstić information content (AvgIpc) is 3.39. The molecule has 0 aliphatic carbocycles. The fourth-order valence-corrected chi connectivity index (χ4v) is 10.9. The van der Waals surface area contributed by atoms with Crippen LogP contribution in [0.2, 0.25) is 0 Å². The molecule has 450 valence electrons. The zero-order chi connectivity index (χ0) is 56.1. The molecule has 76 heavy (non-hydrogen) atoms. The van der Waals surface area contributed by atoms with Crippen LogP contribution in [0.4, 0.5) is 0 Å². The van der Waals surface area contributed by atoms with Gasteiger partial charge in [-0.1, -0.05) is 220 Å². The summed E-state index contributed by atoms with van der Waals surface area (Å²) < 4.78 is 11.6. The molecular formula is C67H131N3O6. The molecule has 0 spiro atoms. The van der Waals surface area contributed by atoms with Gasteiger partial charge in [0.05, 0.1) is 13.2 Å². The van der Waals surface area contributed by atoms with E-state index in [1.807, 2.05) is 0 Å². The summed E-state index contributed by atoms with van der Waals surface area (Å²) >= 11 is 0. The summed E-state index contributed by atoms with van der Waals surface area (Å²) in [5, 5.41) is 0. The van der Waals surface area contributed by atoms with Gasteiger partial charge < -0.3 is 24.2 Å². The van der Waals surface area contributed by atoms with E-state index >= 15 is 0 Å². The Kier molecular flexibility index (Phi) is 53.2. The molecule has 0 aliphatic rings. The molecule has 0 N–H and O–H groups in total. The maximum atomic E-state index is 13.3. The molecule has 0 aromatic heterocycles. The van der Waals surface area contributed by atoms with Crippen LogP contribution in [0.1, 0.15) is 338 Å². The Morgan fingerprint density at radius 3 is 0.882 bits per heavy atom. The van der Waals surface area contributed by atoms with Gasteiger partial charge in [-0.15, -0.1) is 0 Å². The van der Waals surface area contributed by atoms with Crippen molar-refractivity contribution in [3.63, 3.8) is 0 Å². The van der Waals surface area contributed by atoms with Gasteiger partial charge in [-0.3, -0.25) is 19.2 Å². The van der Waals surface area contributed by atoms with Crippen molar-refractivity contribution in [2.75, 3.05) is 46.4 Å². The number of hydrogen-bond acceptors (Lipinski definition) is 7. The lowest BCUT2D eigenvalue weighted by Gasteiger charge is -2.28. The van der Waals surface area contributed by atoms with Crippen molar-refractivity contribution < 1.29 is 28.7 Å². The monoisotopic (exact) mass is 1070 g/mol. The maximum Gasteiger partial charge on any atom is 0.305 e. The first-order chi connectivity index (χ1) is 36.9. The Bertz CT molecular complexity index is 1210. The first kappa shape index (κ1) is 73.8. The molecule has 2 amide bonds. The van der Waals surface area contributed by atoms with E-state index in [1.54, 1.807) is 0 Å². The standard InChI is InChI=1S/C67H131N3O6/c1-10-14-18-22-30-38-48-62(46-36-20-16-12-3)58-75-66(73)52-40-32-26-24-28-34-42-56-69(60(5)6)64(71)50-44-54-68(9)55-45-51-65(72)70(61(7)8)57-43-35-29-25-27-33-41-53-67(74)76-59-63(47-37-21-17-13-4)49-39-31-23-19-15-11-2/h60-63H,10-59H2,1-9H3. The summed E-state index contributed by atoms with van der Waals surface area (Å²) in [6.45, 7) is 22.2. The summed E-state index contributed by atoms with van der Waals surface area (Å²) in [6, 6.07) is 0.404. The van der Waals surface area contributed by atoms with E-state index in [-0.39, 0.29) is 35.8 Å². The normalized spacial score (nSPS) is 12.5. The smallest absolute Gasteiger partial charge is 0.305 e. The van der Waals surface area contributed by atoms with Crippen molar-refractivity contribution in [3.05, 3.63) is 0 Å². The van der Waals surface area contributed by atoms with Gasteiger partial charge in [0.15, 0.2) is 0 Å². The lowest BCUT2D eigenvalue weighted by atomic mass is 9.95. The number of unbranched alkanes of at least 4 members (excludes halogenated alkanes) is 28. The third-order valence-corrected chi connectivity index (χ3v) is 16.1. The van der Waals surface area contributed by atoms with E-state index in [0.717, 1.165) is 103 Å². The molecule has 0 bridgehead atoms. The van der Waals surface area contributed by atoms with Gasteiger partial charge in [0, 0.05) is 50.9 Å². The van der Waals surface area contributed by atoms with Crippen molar-refractivity contribution in [1.29, 1.82) is 0 Å². The van der Waals surface area contributed by atoms with Gasteiger partial charge in [-0.25, -0.2) is 0 Å². The highest BCUT2D eigenvalue weighted by Gasteiger charge is 2.19. The van der Waals surface area contributed by atoms with Gasteiger partial charge >= 0.3 is 11.9 Å². The molecule has 0 aromatic carbocycles. The minimum atomic E-state index is -0.00884. The molecule has 0 fully saturated rings. The molecule has 2 atom stereocenters. The fourth-order valence-electron chi connectivity index (χ4n) is 10.9. The molecule has 0 aliphatic heterocycles.